The Morgan fingerprint density at radius 3 is 2.00 bits per heavy atom. The van der Waals surface area contributed by atoms with Crippen molar-refractivity contribution in [1.29, 1.82) is 0 Å². The van der Waals surface area contributed by atoms with Crippen LogP contribution < -0.4 is 0 Å². The standard InChI is InChI=1S/C25H29BrO12/c1-6-32-24(31)19(11-17-8-7-9-18(26)10-17)37-25-23(36-16(5)30)22(35-15(4)29)21(34-14(3)28)20(38-25)12-33-13(2)27/h7-11,20-23,25H,6,12H2,1-5H3/t20-,21-,22+,23-,25-/m0/s1. The molecular formula is C25H29BrO12. The first-order valence-corrected chi connectivity index (χ1v) is 12.3. The van der Waals surface area contributed by atoms with Crippen LogP contribution in [-0.4, -0.2) is 73.8 Å². The molecule has 0 N–H and O–H groups in total. The van der Waals surface area contributed by atoms with Crippen LogP contribution in [0.15, 0.2) is 34.5 Å². The van der Waals surface area contributed by atoms with Crippen LogP contribution in [0.3, 0.4) is 0 Å². The Kier molecular flexibility index (Phi) is 11.7. The lowest BCUT2D eigenvalue weighted by atomic mass is 9.98. The van der Waals surface area contributed by atoms with Crippen LogP contribution >= 0.6 is 15.9 Å². The van der Waals surface area contributed by atoms with Gasteiger partial charge in [-0.25, -0.2) is 4.79 Å². The van der Waals surface area contributed by atoms with E-state index in [4.69, 9.17) is 33.2 Å². The largest absolute Gasteiger partial charge is 0.463 e. The first-order chi connectivity index (χ1) is 17.9. The fraction of sp³-hybridized carbons (Fsp3) is 0.480. The van der Waals surface area contributed by atoms with Gasteiger partial charge < -0.3 is 33.2 Å². The fourth-order valence-electron chi connectivity index (χ4n) is 3.50. The summed E-state index contributed by atoms with van der Waals surface area (Å²) in [6, 6.07) is 6.91. The van der Waals surface area contributed by atoms with Crippen LogP contribution in [-0.2, 0) is 57.1 Å². The van der Waals surface area contributed by atoms with Crippen LogP contribution in [0.5, 0.6) is 0 Å². The van der Waals surface area contributed by atoms with Gasteiger partial charge in [-0.2, -0.15) is 0 Å². The summed E-state index contributed by atoms with van der Waals surface area (Å²) in [4.78, 5) is 60.1. The molecule has 0 saturated carbocycles. The topological polar surface area (TPSA) is 150 Å². The quantitative estimate of drug-likeness (QED) is 0.168. The van der Waals surface area contributed by atoms with Crippen LogP contribution in [0.4, 0.5) is 0 Å². The molecule has 1 aliphatic rings. The van der Waals surface area contributed by atoms with Gasteiger partial charge >= 0.3 is 29.8 Å². The number of hydrogen-bond donors (Lipinski definition) is 0. The lowest BCUT2D eigenvalue weighted by molar-refractivity contribution is -0.299. The second-order valence-electron chi connectivity index (χ2n) is 7.97. The number of benzene rings is 1. The molecule has 0 spiro atoms. The smallest absolute Gasteiger partial charge is 0.373 e. The predicted octanol–water partition coefficient (Wildman–Crippen LogP) is 2.45. The minimum atomic E-state index is -1.58. The zero-order valence-electron chi connectivity index (χ0n) is 21.5. The normalized spacial score (nSPS) is 23.0. The number of carbonyl (C=O) groups is 5. The average molecular weight is 601 g/mol. The molecule has 1 heterocycles. The van der Waals surface area contributed by atoms with Crippen molar-refractivity contribution >= 4 is 51.9 Å². The van der Waals surface area contributed by atoms with E-state index in [1.165, 1.54) is 6.08 Å². The molecule has 5 atom stereocenters. The van der Waals surface area contributed by atoms with Gasteiger partial charge in [-0.05, 0) is 30.7 Å². The molecule has 0 unspecified atom stereocenters. The second kappa shape index (κ2) is 14.5. The monoisotopic (exact) mass is 600 g/mol. The predicted molar refractivity (Wildman–Crippen MR) is 132 cm³/mol. The Bertz CT molecular complexity index is 1070. The molecule has 13 heteroatoms. The lowest BCUT2D eigenvalue weighted by Crippen LogP contribution is -2.63. The third-order valence-corrected chi connectivity index (χ3v) is 5.31. The highest BCUT2D eigenvalue weighted by atomic mass is 79.9. The lowest BCUT2D eigenvalue weighted by Gasteiger charge is -2.43. The van der Waals surface area contributed by atoms with E-state index in [1.807, 2.05) is 0 Å². The van der Waals surface area contributed by atoms with Crippen LogP contribution in [0.25, 0.3) is 6.08 Å². The number of esters is 5. The summed E-state index contributed by atoms with van der Waals surface area (Å²) in [5, 5.41) is 0. The molecule has 12 nitrogen and oxygen atoms in total. The van der Waals surface area contributed by atoms with Crippen molar-refractivity contribution in [2.45, 2.75) is 65.3 Å². The molecule has 0 aromatic heterocycles. The molecule has 1 aromatic rings. The van der Waals surface area contributed by atoms with Gasteiger partial charge in [-0.15, -0.1) is 0 Å². The van der Waals surface area contributed by atoms with Gasteiger partial charge in [0.2, 0.25) is 18.2 Å². The second-order valence-corrected chi connectivity index (χ2v) is 8.89. The summed E-state index contributed by atoms with van der Waals surface area (Å²) >= 11 is 3.35. The van der Waals surface area contributed by atoms with Gasteiger partial charge in [0.25, 0.3) is 0 Å². The van der Waals surface area contributed by atoms with E-state index >= 15 is 0 Å². The Hall–Kier alpha value is -3.45. The maximum absolute atomic E-state index is 12.8. The van der Waals surface area contributed by atoms with E-state index < -0.39 is 67.2 Å². The SMILES string of the molecule is CCOC(=O)C(=Cc1cccc(Br)c1)O[C@H]1O[C@@H](COC(C)=O)[C@H](OC(C)=O)[C@@H](OC(C)=O)[C@@H]1OC(C)=O. The number of rotatable bonds is 10. The molecule has 2 rings (SSSR count). The molecule has 1 saturated heterocycles. The molecule has 0 aliphatic carbocycles. The Labute approximate surface area is 227 Å². The molecule has 0 bridgehead atoms. The summed E-state index contributed by atoms with van der Waals surface area (Å²) in [6.07, 6.45) is -5.77. The highest BCUT2D eigenvalue weighted by molar-refractivity contribution is 9.10. The third-order valence-electron chi connectivity index (χ3n) is 4.81. The molecule has 38 heavy (non-hydrogen) atoms. The van der Waals surface area contributed by atoms with Crippen molar-refractivity contribution in [3.05, 3.63) is 40.1 Å². The third kappa shape index (κ3) is 9.45. The average Bonchev–Trinajstić information content (AvgIpc) is 2.80. The first-order valence-electron chi connectivity index (χ1n) is 11.5. The zero-order valence-corrected chi connectivity index (χ0v) is 23.1. The Morgan fingerprint density at radius 2 is 1.45 bits per heavy atom. The highest BCUT2D eigenvalue weighted by Crippen LogP contribution is 2.31. The molecule has 1 aliphatic heterocycles. The van der Waals surface area contributed by atoms with Crippen molar-refractivity contribution in [3.63, 3.8) is 0 Å². The Morgan fingerprint density at radius 1 is 0.842 bits per heavy atom. The van der Waals surface area contributed by atoms with Crippen molar-refractivity contribution < 1.29 is 57.1 Å². The van der Waals surface area contributed by atoms with Gasteiger partial charge in [0.15, 0.2) is 12.2 Å². The van der Waals surface area contributed by atoms with E-state index in [-0.39, 0.29) is 12.4 Å². The van der Waals surface area contributed by atoms with Crippen molar-refractivity contribution in [2.75, 3.05) is 13.2 Å². The first kappa shape index (κ1) is 30.8. The van der Waals surface area contributed by atoms with Crippen molar-refractivity contribution in [2.24, 2.45) is 0 Å². The Balaban J connectivity index is 2.58. The van der Waals surface area contributed by atoms with Gasteiger partial charge in [0.1, 0.15) is 12.7 Å². The molecule has 1 fully saturated rings. The van der Waals surface area contributed by atoms with E-state index in [0.29, 0.717) is 5.56 Å². The van der Waals surface area contributed by atoms with Crippen LogP contribution in [0, 0.1) is 0 Å². The van der Waals surface area contributed by atoms with Crippen molar-refractivity contribution in [1.82, 2.24) is 0 Å². The molecular weight excluding hydrogens is 572 g/mol. The van der Waals surface area contributed by atoms with Crippen LogP contribution in [0.2, 0.25) is 0 Å². The number of hydrogen-bond acceptors (Lipinski definition) is 12. The number of ether oxygens (including phenoxy) is 7. The molecule has 0 radical (unpaired) electrons. The summed E-state index contributed by atoms with van der Waals surface area (Å²) in [7, 11) is 0. The van der Waals surface area contributed by atoms with Gasteiger partial charge in [0.05, 0.1) is 6.61 Å². The molecule has 208 valence electrons. The maximum Gasteiger partial charge on any atom is 0.373 e. The van der Waals surface area contributed by atoms with E-state index in [0.717, 1.165) is 32.2 Å². The van der Waals surface area contributed by atoms with E-state index in [2.05, 4.69) is 15.9 Å². The van der Waals surface area contributed by atoms with Crippen LogP contribution in [0.1, 0.15) is 40.2 Å². The number of carbonyl (C=O) groups excluding carboxylic acids is 5. The minimum absolute atomic E-state index is 0.0244. The number of halogens is 1. The molecule has 1 aromatic carbocycles. The van der Waals surface area contributed by atoms with Gasteiger partial charge in [0, 0.05) is 32.2 Å². The highest BCUT2D eigenvalue weighted by Gasteiger charge is 2.53. The fourth-order valence-corrected chi connectivity index (χ4v) is 3.92. The van der Waals surface area contributed by atoms with E-state index in [1.54, 1.807) is 31.2 Å². The van der Waals surface area contributed by atoms with Crippen molar-refractivity contribution in [3.8, 4) is 0 Å². The van der Waals surface area contributed by atoms with E-state index in [9.17, 15) is 24.0 Å². The maximum atomic E-state index is 12.8. The molecule has 0 amide bonds. The summed E-state index contributed by atoms with van der Waals surface area (Å²) < 4.78 is 38.7. The summed E-state index contributed by atoms with van der Waals surface area (Å²) in [5.41, 5.74) is 0.549. The zero-order chi connectivity index (χ0) is 28.4. The summed E-state index contributed by atoms with van der Waals surface area (Å²) in [5.74, 6) is -4.23. The minimum Gasteiger partial charge on any atom is -0.463 e. The van der Waals surface area contributed by atoms with Gasteiger partial charge in [-0.3, -0.25) is 19.2 Å². The van der Waals surface area contributed by atoms with Gasteiger partial charge in [-0.1, -0.05) is 28.1 Å². The summed E-state index contributed by atoms with van der Waals surface area (Å²) in [6.45, 7) is 5.64.